The number of ether oxygens (including phenoxy) is 1. The Morgan fingerprint density at radius 1 is 1.27 bits per heavy atom. The molecule has 22 heavy (non-hydrogen) atoms. The molecular weight excluding hydrogens is 302 g/mol. The zero-order valence-electron chi connectivity index (χ0n) is 12.5. The van der Waals surface area contributed by atoms with Crippen molar-refractivity contribution < 1.29 is 17.9 Å². The Bertz CT molecular complexity index is 629. The molecule has 0 saturated carbocycles. The smallest absolute Gasteiger partial charge is 0.223 e. The minimum absolute atomic E-state index is 0.0180. The molecule has 2 aliphatic heterocycles. The first-order valence-electron chi connectivity index (χ1n) is 7.68. The number of benzene rings is 1. The van der Waals surface area contributed by atoms with Crippen LogP contribution in [0.25, 0.3) is 0 Å². The first-order valence-corrected chi connectivity index (χ1v) is 9.50. The third kappa shape index (κ3) is 3.67. The van der Waals surface area contributed by atoms with Crippen molar-refractivity contribution in [2.75, 3.05) is 31.2 Å². The minimum atomic E-state index is -2.92. The minimum Gasteiger partial charge on any atom is -0.370 e. The van der Waals surface area contributed by atoms with Crippen LogP contribution in [0.4, 0.5) is 0 Å². The summed E-state index contributed by atoms with van der Waals surface area (Å²) >= 11 is 0. The van der Waals surface area contributed by atoms with E-state index >= 15 is 0 Å². The van der Waals surface area contributed by atoms with E-state index in [0.29, 0.717) is 32.5 Å². The normalized spacial score (nSPS) is 27.7. The van der Waals surface area contributed by atoms with Crippen molar-refractivity contribution in [3.63, 3.8) is 0 Å². The lowest BCUT2D eigenvalue weighted by Gasteiger charge is -2.33. The summed E-state index contributed by atoms with van der Waals surface area (Å²) in [7, 11) is -2.92. The number of hydrogen-bond acceptors (Lipinski definition) is 4. The van der Waals surface area contributed by atoms with Crippen LogP contribution in [-0.2, 0) is 19.4 Å². The van der Waals surface area contributed by atoms with Crippen LogP contribution in [0, 0.1) is 5.92 Å². The molecule has 2 unspecified atom stereocenters. The second-order valence-electron chi connectivity index (χ2n) is 6.08. The highest BCUT2D eigenvalue weighted by atomic mass is 32.2. The molecule has 120 valence electrons. The van der Waals surface area contributed by atoms with Crippen LogP contribution < -0.4 is 0 Å². The number of hydrogen-bond donors (Lipinski definition) is 0. The first-order chi connectivity index (χ1) is 10.5. The topological polar surface area (TPSA) is 63.7 Å². The van der Waals surface area contributed by atoms with Crippen molar-refractivity contribution in [2.24, 2.45) is 5.92 Å². The van der Waals surface area contributed by atoms with E-state index in [2.05, 4.69) is 0 Å². The van der Waals surface area contributed by atoms with Crippen molar-refractivity contribution in [1.29, 1.82) is 0 Å². The van der Waals surface area contributed by atoms with Gasteiger partial charge in [0.2, 0.25) is 5.91 Å². The lowest BCUT2D eigenvalue weighted by Crippen LogP contribution is -2.42. The van der Waals surface area contributed by atoms with Gasteiger partial charge >= 0.3 is 0 Å². The van der Waals surface area contributed by atoms with Crippen molar-refractivity contribution in [1.82, 2.24) is 4.90 Å². The summed E-state index contributed by atoms with van der Waals surface area (Å²) in [5, 5.41) is 0. The molecule has 0 bridgehead atoms. The van der Waals surface area contributed by atoms with Crippen LogP contribution in [0.5, 0.6) is 0 Å². The van der Waals surface area contributed by atoms with Gasteiger partial charge in [-0.2, -0.15) is 0 Å². The lowest BCUT2D eigenvalue weighted by molar-refractivity contribution is -0.139. The van der Waals surface area contributed by atoms with Gasteiger partial charge in [-0.05, 0) is 17.9 Å². The largest absolute Gasteiger partial charge is 0.370 e. The van der Waals surface area contributed by atoms with Gasteiger partial charge in [-0.3, -0.25) is 4.79 Å². The number of carbonyl (C=O) groups excluding carboxylic acids is 1. The van der Waals surface area contributed by atoms with E-state index in [-0.39, 0.29) is 29.4 Å². The molecular formula is C16H21NO4S. The zero-order valence-corrected chi connectivity index (χ0v) is 13.3. The maximum absolute atomic E-state index is 12.4. The predicted octanol–water partition coefficient (Wildman–Crippen LogP) is 1.41. The van der Waals surface area contributed by atoms with Gasteiger partial charge < -0.3 is 9.64 Å². The maximum Gasteiger partial charge on any atom is 0.223 e. The highest BCUT2D eigenvalue weighted by Gasteiger charge is 2.32. The van der Waals surface area contributed by atoms with E-state index in [1.807, 2.05) is 35.2 Å². The molecule has 2 aliphatic rings. The van der Waals surface area contributed by atoms with E-state index in [9.17, 15) is 13.2 Å². The number of carbonyl (C=O) groups is 1. The fourth-order valence-electron chi connectivity index (χ4n) is 3.15. The Balaban J connectivity index is 1.59. The van der Waals surface area contributed by atoms with Crippen LogP contribution >= 0.6 is 0 Å². The molecule has 0 N–H and O–H groups in total. The van der Waals surface area contributed by atoms with E-state index in [1.165, 1.54) is 0 Å². The number of morpholine rings is 1. The van der Waals surface area contributed by atoms with Gasteiger partial charge in [0.15, 0.2) is 9.84 Å². The van der Waals surface area contributed by atoms with Gasteiger partial charge in [-0.1, -0.05) is 30.3 Å². The van der Waals surface area contributed by atoms with Gasteiger partial charge in [0.1, 0.15) is 6.10 Å². The fourth-order valence-corrected chi connectivity index (χ4v) is 5.02. The van der Waals surface area contributed by atoms with Crippen molar-refractivity contribution in [3.8, 4) is 0 Å². The second kappa shape index (κ2) is 6.38. The molecule has 3 rings (SSSR count). The molecule has 0 spiro atoms. The summed E-state index contributed by atoms with van der Waals surface area (Å²) < 4.78 is 28.7. The molecule has 0 radical (unpaired) electrons. The summed E-state index contributed by atoms with van der Waals surface area (Å²) in [4.78, 5) is 14.2. The number of sulfone groups is 1. The molecule has 1 aromatic rings. The molecule has 2 heterocycles. The average molecular weight is 323 g/mol. The van der Waals surface area contributed by atoms with Crippen LogP contribution in [-0.4, -0.2) is 50.4 Å². The lowest BCUT2D eigenvalue weighted by atomic mass is 10.0. The number of amides is 1. The summed E-state index contributed by atoms with van der Waals surface area (Å²) in [6, 6.07) is 9.88. The Morgan fingerprint density at radius 3 is 2.73 bits per heavy atom. The van der Waals surface area contributed by atoms with E-state index in [4.69, 9.17) is 4.74 Å². The Labute approximate surface area is 131 Å². The number of nitrogens with zero attached hydrogens (tertiary/aromatic N) is 1. The average Bonchev–Trinajstić information content (AvgIpc) is 2.87. The van der Waals surface area contributed by atoms with Gasteiger partial charge in [0.05, 0.1) is 24.7 Å². The third-order valence-corrected chi connectivity index (χ3v) is 6.22. The number of rotatable bonds is 3. The maximum atomic E-state index is 12.4. The summed E-state index contributed by atoms with van der Waals surface area (Å²) in [5.74, 6) is 0.410. The fraction of sp³-hybridized carbons (Fsp3) is 0.562. The first kappa shape index (κ1) is 15.5. The summed E-state index contributed by atoms with van der Waals surface area (Å²) in [6.07, 6.45) is 0.854. The summed E-state index contributed by atoms with van der Waals surface area (Å²) in [6.45, 7) is 1.65. The van der Waals surface area contributed by atoms with Crippen molar-refractivity contribution in [3.05, 3.63) is 35.9 Å². The Hall–Kier alpha value is -1.40. The quantitative estimate of drug-likeness (QED) is 0.844. The molecule has 5 nitrogen and oxygen atoms in total. The molecule has 1 aromatic carbocycles. The molecule has 0 aliphatic carbocycles. The monoisotopic (exact) mass is 323 g/mol. The standard InChI is InChI=1S/C16H21NO4S/c18-16(10-13-6-9-22(19,20)12-13)17-7-8-21-15(11-17)14-4-2-1-3-5-14/h1-5,13,15H,6-12H2. The molecule has 6 heteroatoms. The molecule has 2 atom stereocenters. The second-order valence-corrected chi connectivity index (χ2v) is 8.31. The van der Waals surface area contributed by atoms with E-state index < -0.39 is 9.84 Å². The van der Waals surface area contributed by atoms with E-state index in [1.54, 1.807) is 0 Å². The van der Waals surface area contributed by atoms with Crippen molar-refractivity contribution >= 4 is 15.7 Å². The zero-order chi connectivity index (χ0) is 15.6. The van der Waals surface area contributed by atoms with Gasteiger partial charge in [-0.15, -0.1) is 0 Å². The van der Waals surface area contributed by atoms with Crippen molar-refractivity contribution in [2.45, 2.75) is 18.9 Å². The molecule has 2 saturated heterocycles. The van der Waals surface area contributed by atoms with Crippen LogP contribution in [0.15, 0.2) is 30.3 Å². The van der Waals surface area contributed by atoms with Crippen LogP contribution in [0.1, 0.15) is 24.5 Å². The highest BCUT2D eigenvalue weighted by molar-refractivity contribution is 7.91. The van der Waals surface area contributed by atoms with Gasteiger partial charge in [-0.25, -0.2) is 8.42 Å². The highest BCUT2D eigenvalue weighted by Crippen LogP contribution is 2.25. The van der Waals surface area contributed by atoms with Gasteiger partial charge in [0, 0.05) is 13.0 Å². The van der Waals surface area contributed by atoms with E-state index in [0.717, 1.165) is 5.56 Å². The SMILES string of the molecule is O=C(CC1CCS(=O)(=O)C1)N1CCOC(c2ccccc2)C1. The predicted molar refractivity (Wildman–Crippen MR) is 83.1 cm³/mol. The summed E-state index contributed by atoms with van der Waals surface area (Å²) in [5.41, 5.74) is 1.07. The Morgan fingerprint density at radius 2 is 2.05 bits per heavy atom. The van der Waals surface area contributed by atoms with Gasteiger partial charge in [0.25, 0.3) is 0 Å². The Kier molecular flexibility index (Phi) is 4.49. The van der Waals surface area contributed by atoms with Crippen LogP contribution in [0.3, 0.4) is 0 Å². The third-order valence-electron chi connectivity index (χ3n) is 4.38. The molecule has 0 aromatic heterocycles. The molecule has 1 amide bonds. The molecule has 2 fully saturated rings. The van der Waals surface area contributed by atoms with Crippen LogP contribution in [0.2, 0.25) is 0 Å².